The smallest absolute Gasteiger partial charge is 0.285 e. The Morgan fingerprint density at radius 3 is 2.32 bits per heavy atom. The third-order valence-corrected chi connectivity index (χ3v) is 7.83. The second-order valence-electron chi connectivity index (χ2n) is 8.10. The number of carbonyl (C=O) groups is 1. The average molecular weight is 422 g/mol. The van der Waals surface area contributed by atoms with Crippen LogP contribution in [0.3, 0.4) is 0 Å². The molecule has 1 aliphatic rings. The number of hydrogen-bond donors (Lipinski definition) is 0. The fourth-order valence-electron chi connectivity index (χ4n) is 3.39. The summed E-state index contributed by atoms with van der Waals surface area (Å²) in [5.41, 5.74) is 0.726. The van der Waals surface area contributed by atoms with Crippen LogP contribution in [0.25, 0.3) is 0 Å². The van der Waals surface area contributed by atoms with E-state index in [9.17, 15) is 13.2 Å². The summed E-state index contributed by atoms with van der Waals surface area (Å²) in [6.45, 7) is 9.81. The van der Waals surface area contributed by atoms with Gasteiger partial charge in [0.1, 0.15) is 6.54 Å². The molecule has 1 amide bonds. The van der Waals surface area contributed by atoms with Crippen molar-refractivity contribution in [1.29, 1.82) is 0 Å². The standard InChI is InChI=1S/C20H27N3O3S2/c1-15-18(20(2,3)4)27-19(21-28(25,26)16-10-6-5-7-11-16)23(15)14-17(24)22-12-8-9-13-22/h5-7,10-11H,8-9,12-14H2,1-4H3/b21-19-. The number of aromatic nitrogens is 1. The maximum Gasteiger partial charge on any atom is 0.285 e. The molecule has 1 aromatic carbocycles. The lowest BCUT2D eigenvalue weighted by molar-refractivity contribution is -0.130. The number of carbonyl (C=O) groups excluding carboxylic acids is 1. The number of nitrogens with zero attached hydrogens (tertiary/aromatic N) is 3. The number of hydrogen-bond acceptors (Lipinski definition) is 4. The van der Waals surface area contributed by atoms with Gasteiger partial charge in [-0.15, -0.1) is 15.7 Å². The van der Waals surface area contributed by atoms with E-state index in [0.29, 0.717) is 4.80 Å². The average Bonchev–Trinajstić information content (AvgIpc) is 3.26. The van der Waals surface area contributed by atoms with E-state index >= 15 is 0 Å². The first-order chi connectivity index (χ1) is 13.1. The maximum atomic E-state index is 12.8. The van der Waals surface area contributed by atoms with Gasteiger partial charge < -0.3 is 9.47 Å². The van der Waals surface area contributed by atoms with Crippen molar-refractivity contribution in [3.05, 3.63) is 45.7 Å². The molecule has 0 N–H and O–H groups in total. The SMILES string of the molecule is Cc1c(C(C)(C)C)s/c(=N\S(=O)(=O)c2ccccc2)n1CC(=O)N1CCCC1. The molecule has 8 heteroatoms. The summed E-state index contributed by atoms with van der Waals surface area (Å²) in [6.07, 6.45) is 2.04. The molecule has 28 heavy (non-hydrogen) atoms. The van der Waals surface area contributed by atoms with Crippen LogP contribution in [0.2, 0.25) is 0 Å². The first-order valence-corrected chi connectivity index (χ1v) is 11.7. The minimum Gasteiger partial charge on any atom is -0.341 e. The van der Waals surface area contributed by atoms with Crippen LogP contribution in [0.15, 0.2) is 39.6 Å². The molecule has 3 rings (SSSR count). The van der Waals surface area contributed by atoms with Gasteiger partial charge in [-0.25, -0.2) is 0 Å². The van der Waals surface area contributed by atoms with Crippen LogP contribution in [0.5, 0.6) is 0 Å². The van der Waals surface area contributed by atoms with Crippen molar-refractivity contribution in [2.75, 3.05) is 13.1 Å². The summed E-state index contributed by atoms with van der Waals surface area (Å²) in [5, 5.41) is 0. The predicted molar refractivity (Wildman–Crippen MR) is 111 cm³/mol. The first-order valence-electron chi connectivity index (χ1n) is 9.44. The molecule has 2 heterocycles. The molecule has 0 bridgehead atoms. The molecule has 0 spiro atoms. The van der Waals surface area contributed by atoms with Gasteiger partial charge in [-0.05, 0) is 37.3 Å². The Labute approximate surface area is 170 Å². The van der Waals surface area contributed by atoms with Gasteiger partial charge in [0, 0.05) is 23.7 Å². The van der Waals surface area contributed by atoms with Gasteiger partial charge >= 0.3 is 0 Å². The normalized spacial score (nSPS) is 16.0. The zero-order valence-electron chi connectivity index (χ0n) is 16.8. The van der Waals surface area contributed by atoms with E-state index in [2.05, 4.69) is 25.2 Å². The molecule has 6 nitrogen and oxygen atoms in total. The maximum absolute atomic E-state index is 12.8. The molecule has 2 aromatic rings. The second kappa shape index (κ2) is 7.83. The van der Waals surface area contributed by atoms with Crippen LogP contribution in [-0.2, 0) is 26.8 Å². The third-order valence-electron chi connectivity index (χ3n) is 4.83. The Balaban J connectivity index is 2.10. The fourth-order valence-corrected chi connectivity index (χ4v) is 5.80. The van der Waals surface area contributed by atoms with E-state index in [1.807, 2.05) is 11.8 Å². The van der Waals surface area contributed by atoms with Gasteiger partial charge in [0.15, 0.2) is 0 Å². The van der Waals surface area contributed by atoms with E-state index in [1.54, 1.807) is 22.8 Å². The van der Waals surface area contributed by atoms with Gasteiger partial charge in [-0.3, -0.25) is 4.79 Å². The number of benzene rings is 1. The van der Waals surface area contributed by atoms with Crippen molar-refractivity contribution in [1.82, 2.24) is 9.47 Å². The highest BCUT2D eigenvalue weighted by molar-refractivity contribution is 7.90. The molecule has 0 radical (unpaired) electrons. The van der Waals surface area contributed by atoms with Crippen molar-refractivity contribution in [2.24, 2.45) is 4.40 Å². The molecule has 0 saturated carbocycles. The van der Waals surface area contributed by atoms with E-state index in [-0.39, 0.29) is 22.8 Å². The van der Waals surface area contributed by atoms with Crippen molar-refractivity contribution in [3.63, 3.8) is 0 Å². The highest BCUT2D eigenvalue weighted by Crippen LogP contribution is 2.28. The molecular weight excluding hydrogens is 394 g/mol. The van der Waals surface area contributed by atoms with Crippen LogP contribution in [0.1, 0.15) is 44.2 Å². The number of likely N-dealkylation sites (tertiary alicyclic amines) is 1. The summed E-state index contributed by atoms with van der Waals surface area (Å²) in [5.74, 6) is 0.0115. The fraction of sp³-hybridized carbons (Fsp3) is 0.500. The zero-order chi connectivity index (χ0) is 20.5. The summed E-state index contributed by atoms with van der Waals surface area (Å²) >= 11 is 1.35. The lowest BCUT2D eigenvalue weighted by Gasteiger charge is -2.19. The van der Waals surface area contributed by atoms with E-state index in [4.69, 9.17) is 0 Å². The summed E-state index contributed by atoms with van der Waals surface area (Å²) < 4.78 is 31.5. The van der Waals surface area contributed by atoms with Gasteiger partial charge in [-0.1, -0.05) is 39.0 Å². The minimum atomic E-state index is -3.85. The molecule has 0 unspecified atom stereocenters. The Bertz CT molecular complexity index is 1020. The molecular formula is C20H27N3O3S2. The van der Waals surface area contributed by atoms with Crippen LogP contribution >= 0.6 is 11.3 Å². The molecule has 1 aliphatic heterocycles. The number of amides is 1. The molecule has 1 fully saturated rings. The van der Waals surface area contributed by atoms with E-state index in [1.165, 1.54) is 23.5 Å². The monoisotopic (exact) mass is 421 g/mol. The number of thiazole rings is 1. The van der Waals surface area contributed by atoms with Crippen molar-refractivity contribution in [2.45, 2.75) is 57.4 Å². The zero-order valence-corrected chi connectivity index (χ0v) is 18.4. The van der Waals surface area contributed by atoms with Crippen LogP contribution in [0, 0.1) is 6.92 Å². The Morgan fingerprint density at radius 2 is 1.75 bits per heavy atom. The lowest BCUT2D eigenvalue weighted by atomic mass is 9.93. The van der Waals surface area contributed by atoms with Crippen molar-refractivity contribution >= 4 is 27.3 Å². The second-order valence-corrected chi connectivity index (χ2v) is 10.7. The Hall–Kier alpha value is -1.93. The van der Waals surface area contributed by atoms with Crippen LogP contribution < -0.4 is 4.80 Å². The summed E-state index contributed by atoms with van der Waals surface area (Å²) in [4.78, 5) is 16.1. The van der Waals surface area contributed by atoms with E-state index < -0.39 is 10.0 Å². The predicted octanol–water partition coefficient (Wildman–Crippen LogP) is 3.07. The molecule has 0 aliphatic carbocycles. The van der Waals surface area contributed by atoms with Crippen molar-refractivity contribution < 1.29 is 13.2 Å². The highest BCUT2D eigenvalue weighted by atomic mass is 32.2. The largest absolute Gasteiger partial charge is 0.341 e. The lowest BCUT2D eigenvalue weighted by Crippen LogP contribution is -2.34. The number of rotatable bonds is 4. The number of sulfonamides is 1. The quantitative estimate of drug-likeness (QED) is 0.762. The molecule has 0 atom stereocenters. The molecule has 1 saturated heterocycles. The van der Waals surface area contributed by atoms with Crippen LogP contribution in [0.4, 0.5) is 0 Å². The van der Waals surface area contributed by atoms with Crippen molar-refractivity contribution in [3.8, 4) is 0 Å². The van der Waals surface area contributed by atoms with Gasteiger partial charge in [-0.2, -0.15) is 8.42 Å². The van der Waals surface area contributed by atoms with Crippen LogP contribution in [-0.4, -0.2) is 36.9 Å². The highest BCUT2D eigenvalue weighted by Gasteiger charge is 2.26. The first kappa shape index (κ1) is 20.8. The summed E-state index contributed by atoms with van der Waals surface area (Å²) in [6, 6.07) is 8.18. The molecule has 152 valence electrons. The third kappa shape index (κ3) is 4.38. The minimum absolute atomic E-state index is 0.0115. The molecule has 1 aromatic heterocycles. The van der Waals surface area contributed by atoms with Gasteiger partial charge in [0.05, 0.1) is 4.90 Å². The topological polar surface area (TPSA) is 71.7 Å². The van der Waals surface area contributed by atoms with Gasteiger partial charge in [0.25, 0.3) is 10.0 Å². The Kier molecular flexibility index (Phi) is 5.82. The van der Waals surface area contributed by atoms with E-state index in [0.717, 1.165) is 36.5 Å². The summed E-state index contributed by atoms with van der Waals surface area (Å²) in [7, 11) is -3.85. The Morgan fingerprint density at radius 1 is 1.14 bits per heavy atom. The van der Waals surface area contributed by atoms with Gasteiger partial charge in [0.2, 0.25) is 10.7 Å².